The second kappa shape index (κ2) is 3.70. The van der Waals surface area contributed by atoms with E-state index in [0.717, 1.165) is 21.9 Å². The molecule has 0 heterocycles. The molecule has 0 saturated heterocycles. The van der Waals surface area contributed by atoms with Crippen molar-refractivity contribution in [3.8, 4) is 0 Å². The van der Waals surface area contributed by atoms with Crippen LogP contribution in [0.3, 0.4) is 0 Å². The number of ketones is 1. The van der Waals surface area contributed by atoms with Gasteiger partial charge in [-0.15, -0.1) is 0 Å². The lowest BCUT2D eigenvalue weighted by Crippen LogP contribution is -2.09. The zero-order valence-electron chi connectivity index (χ0n) is 9.43. The molecule has 0 N–H and O–H groups in total. The van der Waals surface area contributed by atoms with Gasteiger partial charge in [0.25, 0.3) is 0 Å². The Bertz CT molecular complexity index is 638. The van der Waals surface area contributed by atoms with Crippen LogP contribution in [-0.4, -0.2) is 18.1 Å². The van der Waals surface area contributed by atoms with Crippen molar-refractivity contribution in [1.29, 1.82) is 0 Å². The molecule has 3 nitrogen and oxygen atoms in total. The van der Waals surface area contributed by atoms with Crippen molar-refractivity contribution >= 4 is 22.3 Å². The van der Waals surface area contributed by atoms with Gasteiger partial charge in [-0.05, 0) is 12.3 Å². The van der Waals surface area contributed by atoms with Crippen molar-refractivity contribution in [1.82, 2.24) is 0 Å². The minimum atomic E-state index is -0.0507. The lowest BCUT2D eigenvalue weighted by molar-refractivity contribution is 0.105. The molecule has 0 aromatic heterocycles. The summed E-state index contributed by atoms with van der Waals surface area (Å²) < 4.78 is 0. The number of carbonyl (C=O) groups is 1. The predicted octanol–water partition coefficient (Wildman–Crippen LogP) is 2.78. The van der Waals surface area contributed by atoms with Gasteiger partial charge in [-0.25, -0.2) is 0 Å². The summed E-state index contributed by atoms with van der Waals surface area (Å²) in [7, 11) is 0. The second-order valence-electron chi connectivity index (χ2n) is 3.90. The summed E-state index contributed by atoms with van der Waals surface area (Å²) in [6.45, 7) is 2.31. The Labute approximate surface area is 98.7 Å². The Hall–Kier alpha value is -2.16. The standard InChI is InChI=1S/C14H11NO2/c1-2-17-15-13-10-7-3-5-9-6-4-8-11(12(9)10)14(13)16/h3-8H,2H2,1H3/b15-13+. The molecule has 3 rings (SSSR count). The van der Waals surface area contributed by atoms with E-state index < -0.39 is 0 Å². The van der Waals surface area contributed by atoms with Crippen molar-refractivity contribution in [3.05, 3.63) is 47.5 Å². The van der Waals surface area contributed by atoms with Crippen molar-refractivity contribution in [2.24, 2.45) is 5.16 Å². The van der Waals surface area contributed by atoms with Gasteiger partial charge < -0.3 is 4.84 Å². The van der Waals surface area contributed by atoms with Crippen LogP contribution in [0, 0.1) is 0 Å². The van der Waals surface area contributed by atoms with Gasteiger partial charge >= 0.3 is 0 Å². The van der Waals surface area contributed by atoms with Gasteiger partial charge in [-0.2, -0.15) is 0 Å². The molecule has 0 radical (unpaired) electrons. The van der Waals surface area contributed by atoms with E-state index in [1.54, 1.807) is 0 Å². The Morgan fingerprint density at radius 3 is 2.53 bits per heavy atom. The first kappa shape index (κ1) is 10.0. The molecule has 84 valence electrons. The average Bonchev–Trinajstić information content (AvgIpc) is 2.64. The summed E-state index contributed by atoms with van der Waals surface area (Å²) in [5.74, 6) is -0.0507. The highest BCUT2D eigenvalue weighted by Crippen LogP contribution is 2.30. The first-order valence-corrected chi connectivity index (χ1v) is 5.59. The van der Waals surface area contributed by atoms with Crippen molar-refractivity contribution in [3.63, 3.8) is 0 Å². The van der Waals surface area contributed by atoms with Crippen molar-refractivity contribution in [2.45, 2.75) is 6.92 Å². The topological polar surface area (TPSA) is 38.7 Å². The second-order valence-corrected chi connectivity index (χ2v) is 3.90. The van der Waals surface area contributed by atoms with E-state index >= 15 is 0 Å². The highest BCUT2D eigenvalue weighted by atomic mass is 16.6. The number of oxime groups is 1. The van der Waals surface area contributed by atoms with Crippen molar-refractivity contribution in [2.75, 3.05) is 6.61 Å². The molecule has 17 heavy (non-hydrogen) atoms. The molecule has 0 amide bonds. The maximum absolute atomic E-state index is 12.2. The SMILES string of the molecule is CCO/N=C1/C(=O)c2cccc3cccc1c23. The number of rotatable bonds is 2. The summed E-state index contributed by atoms with van der Waals surface area (Å²) >= 11 is 0. The highest BCUT2D eigenvalue weighted by Gasteiger charge is 2.29. The lowest BCUT2D eigenvalue weighted by atomic mass is 10.1. The molecule has 0 bridgehead atoms. The first-order chi connectivity index (χ1) is 8.33. The summed E-state index contributed by atoms with van der Waals surface area (Å²) in [6, 6.07) is 11.6. The molecular weight excluding hydrogens is 214 g/mol. The van der Waals surface area contributed by atoms with Gasteiger partial charge in [0.1, 0.15) is 6.61 Å². The number of hydrogen-bond acceptors (Lipinski definition) is 3. The third-order valence-corrected chi connectivity index (χ3v) is 2.90. The van der Waals surface area contributed by atoms with Crippen LogP contribution in [0.25, 0.3) is 10.8 Å². The van der Waals surface area contributed by atoms with Crippen LogP contribution in [0.4, 0.5) is 0 Å². The molecule has 0 unspecified atom stereocenters. The molecule has 2 aromatic carbocycles. The molecule has 0 aliphatic heterocycles. The molecule has 3 heteroatoms. The number of carbonyl (C=O) groups excluding carboxylic acids is 1. The zero-order valence-corrected chi connectivity index (χ0v) is 9.43. The van der Waals surface area contributed by atoms with Crippen LogP contribution >= 0.6 is 0 Å². The van der Waals surface area contributed by atoms with E-state index in [4.69, 9.17) is 4.84 Å². The van der Waals surface area contributed by atoms with Gasteiger partial charge in [0.15, 0.2) is 5.71 Å². The van der Waals surface area contributed by atoms with Crippen LogP contribution in [-0.2, 0) is 4.84 Å². The van der Waals surface area contributed by atoms with E-state index in [2.05, 4.69) is 5.16 Å². The molecule has 1 aliphatic carbocycles. The van der Waals surface area contributed by atoms with Crippen LogP contribution in [0.5, 0.6) is 0 Å². The van der Waals surface area contributed by atoms with E-state index in [9.17, 15) is 4.79 Å². The molecule has 0 saturated carbocycles. The average molecular weight is 225 g/mol. The Kier molecular flexibility index (Phi) is 2.18. The van der Waals surface area contributed by atoms with Crippen LogP contribution in [0.1, 0.15) is 22.8 Å². The summed E-state index contributed by atoms with van der Waals surface area (Å²) in [6.07, 6.45) is 0. The molecule has 0 atom stereocenters. The van der Waals surface area contributed by atoms with Crippen LogP contribution < -0.4 is 0 Å². The third-order valence-electron chi connectivity index (χ3n) is 2.90. The molecule has 0 fully saturated rings. The van der Waals surface area contributed by atoms with Crippen LogP contribution in [0.15, 0.2) is 41.6 Å². The third kappa shape index (κ3) is 1.35. The van der Waals surface area contributed by atoms with Crippen LogP contribution in [0.2, 0.25) is 0 Å². The quantitative estimate of drug-likeness (QED) is 0.737. The van der Waals surface area contributed by atoms with Gasteiger partial charge in [-0.3, -0.25) is 4.79 Å². The summed E-state index contributed by atoms with van der Waals surface area (Å²) in [5, 5.41) is 5.98. The molecular formula is C14H11NO2. The maximum Gasteiger partial charge on any atom is 0.216 e. The van der Waals surface area contributed by atoms with E-state index in [1.165, 1.54) is 0 Å². The number of benzene rings is 2. The van der Waals surface area contributed by atoms with Gasteiger partial charge in [0.05, 0.1) is 0 Å². The van der Waals surface area contributed by atoms with E-state index in [1.807, 2.05) is 43.3 Å². The fourth-order valence-electron chi connectivity index (χ4n) is 2.20. The Morgan fingerprint density at radius 1 is 1.12 bits per heavy atom. The van der Waals surface area contributed by atoms with Gasteiger partial charge in [0, 0.05) is 16.5 Å². The summed E-state index contributed by atoms with van der Waals surface area (Å²) in [4.78, 5) is 17.2. The fraction of sp³-hybridized carbons (Fsp3) is 0.143. The zero-order chi connectivity index (χ0) is 11.8. The molecule has 1 aliphatic rings. The van der Waals surface area contributed by atoms with Gasteiger partial charge in [0.2, 0.25) is 5.78 Å². The number of hydrogen-bond donors (Lipinski definition) is 0. The highest BCUT2D eigenvalue weighted by molar-refractivity contribution is 6.58. The van der Waals surface area contributed by atoms with E-state index in [0.29, 0.717) is 12.3 Å². The Morgan fingerprint density at radius 2 is 1.82 bits per heavy atom. The number of nitrogens with zero attached hydrogens (tertiary/aromatic N) is 1. The summed E-state index contributed by atoms with van der Waals surface area (Å²) in [5.41, 5.74) is 2.01. The monoisotopic (exact) mass is 225 g/mol. The largest absolute Gasteiger partial charge is 0.395 e. The minimum Gasteiger partial charge on any atom is -0.395 e. The minimum absolute atomic E-state index is 0.0507. The fourth-order valence-corrected chi connectivity index (χ4v) is 2.20. The normalized spacial score (nSPS) is 15.8. The molecule has 2 aromatic rings. The Balaban J connectivity index is 2.31. The predicted molar refractivity (Wildman–Crippen MR) is 66.4 cm³/mol. The molecule has 0 spiro atoms. The number of Topliss-reactive ketones (excluding diaryl/α,β-unsaturated/α-hetero) is 1. The maximum atomic E-state index is 12.2. The van der Waals surface area contributed by atoms with Crippen molar-refractivity contribution < 1.29 is 9.63 Å². The van der Waals surface area contributed by atoms with Gasteiger partial charge in [-0.1, -0.05) is 41.6 Å². The lowest BCUT2D eigenvalue weighted by Gasteiger charge is -1.99. The van der Waals surface area contributed by atoms with E-state index in [-0.39, 0.29) is 5.78 Å². The first-order valence-electron chi connectivity index (χ1n) is 5.59. The smallest absolute Gasteiger partial charge is 0.216 e.